The minimum absolute atomic E-state index is 0.00747. The summed E-state index contributed by atoms with van der Waals surface area (Å²) < 4.78 is 21.6. The summed E-state index contributed by atoms with van der Waals surface area (Å²) in [5.41, 5.74) is 7.86. The lowest BCUT2D eigenvalue weighted by Crippen LogP contribution is -2.43. The van der Waals surface area contributed by atoms with Crippen LogP contribution in [0.4, 0.5) is 17.6 Å². The van der Waals surface area contributed by atoms with Crippen LogP contribution in [0.1, 0.15) is 21.7 Å². The van der Waals surface area contributed by atoms with Crippen LogP contribution in [0, 0.1) is 6.92 Å². The first-order valence-corrected chi connectivity index (χ1v) is 11.6. The van der Waals surface area contributed by atoms with Gasteiger partial charge < -0.3 is 34.9 Å². The first-order chi connectivity index (χ1) is 17.9. The van der Waals surface area contributed by atoms with Gasteiger partial charge in [-0.25, -0.2) is 4.79 Å². The standard InChI is InChI=1S/C25H28N6O6/c1-16-5-3-4-6-18(16)27-25-29-21(28-24(26)30-25)14-37-23(33)17-7-8-19(20(13-17)34-2)36-15-22(32)31-9-11-35-12-10-31/h3-8,13H,9-12,14-15H2,1-2H3,(H3,26,27,28,29,30). The molecule has 1 fully saturated rings. The third kappa shape index (κ3) is 6.82. The highest BCUT2D eigenvalue weighted by Gasteiger charge is 2.19. The summed E-state index contributed by atoms with van der Waals surface area (Å²) in [5.74, 6) is 0.264. The smallest absolute Gasteiger partial charge is 0.338 e. The fourth-order valence-electron chi connectivity index (χ4n) is 3.56. The highest BCUT2D eigenvalue weighted by Crippen LogP contribution is 2.28. The van der Waals surface area contributed by atoms with Crippen LogP contribution in [0.2, 0.25) is 0 Å². The zero-order valence-corrected chi connectivity index (χ0v) is 20.6. The van der Waals surface area contributed by atoms with Gasteiger partial charge in [0.1, 0.15) is 0 Å². The molecule has 194 valence electrons. The number of esters is 1. The number of amides is 1. The van der Waals surface area contributed by atoms with E-state index in [9.17, 15) is 9.59 Å². The average Bonchev–Trinajstić information content (AvgIpc) is 2.91. The first-order valence-electron chi connectivity index (χ1n) is 11.6. The number of morpholine rings is 1. The van der Waals surface area contributed by atoms with E-state index in [4.69, 9.17) is 24.7 Å². The van der Waals surface area contributed by atoms with E-state index >= 15 is 0 Å². The number of anilines is 3. The van der Waals surface area contributed by atoms with Gasteiger partial charge >= 0.3 is 5.97 Å². The summed E-state index contributed by atoms with van der Waals surface area (Å²) in [6.07, 6.45) is 0. The molecule has 0 bridgehead atoms. The monoisotopic (exact) mass is 508 g/mol. The third-order valence-electron chi connectivity index (χ3n) is 5.54. The molecule has 2 aromatic carbocycles. The van der Waals surface area contributed by atoms with Gasteiger partial charge in [-0.15, -0.1) is 0 Å². The van der Waals surface area contributed by atoms with Crippen LogP contribution in [0.3, 0.4) is 0 Å². The Labute approximate surface area is 213 Å². The Kier molecular flexibility index (Phi) is 8.31. The van der Waals surface area contributed by atoms with Crippen molar-refractivity contribution in [3.05, 3.63) is 59.4 Å². The van der Waals surface area contributed by atoms with Gasteiger partial charge in [-0.05, 0) is 36.8 Å². The molecule has 0 saturated carbocycles. The molecule has 1 aromatic heterocycles. The Bertz CT molecular complexity index is 1260. The van der Waals surface area contributed by atoms with Crippen molar-refractivity contribution in [2.75, 3.05) is 51.1 Å². The molecule has 1 aliphatic rings. The van der Waals surface area contributed by atoms with Gasteiger partial charge in [-0.3, -0.25) is 4.79 Å². The van der Waals surface area contributed by atoms with E-state index in [-0.39, 0.29) is 42.4 Å². The van der Waals surface area contributed by atoms with Crippen LogP contribution in [-0.4, -0.2) is 71.7 Å². The zero-order chi connectivity index (χ0) is 26.2. The van der Waals surface area contributed by atoms with E-state index in [0.717, 1.165) is 11.3 Å². The number of aromatic nitrogens is 3. The summed E-state index contributed by atoms with van der Waals surface area (Å²) in [5, 5.41) is 3.09. The lowest BCUT2D eigenvalue weighted by atomic mass is 10.2. The Morgan fingerprint density at radius 3 is 2.62 bits per heavy atom. The minimum Gasteiger partial charge on any atom is -0.493 e. The molecule has 3 aromatic rings. The van der Waals surface area contributed by atoms with Crippen molar-refractivity contribution in [3.8, 4) is 11.5 Å². The van der Waals surface area contributed by atoms with Crippen molar-refractivity contribution in [2.24, 2.45) is 0 Å². The lowest BCUT2D eigenvalue weighted by Gasteiger charge is -2.26. The quantitative estimate of drug-likeness (QED) is 0.409. The molecule has 12 nitrogen and oxygen atoms in total. The number of rotatable bonds is 9. The number of aryl methyl sites for hydroxylation is 1. The number of methoxy groups -OCH3 is 1. The summed E-state index contributed by atoms with van der Waals surface area (Å²) in [4.78, 5) is 39.1. The highest BCUT2D eigenvalue weighted by molar-refractivity contribution is 5.90. The summed E-state index contributed by atoms with van der Waals surface area (Å²) in [7, 11) is 1.44. The molecule has 4 rings (SSSR count). The molecule has 2 heterocycles. The second-order valence-corrected chi connectivity index (χ2v) is 8.10. The molecule has 1 aliphatic heterocycles. The molecular formula is C25H28N6O6. The van der Waals surface area contributed by atoms with Gasteiger partial charge in [0, 0.05) is 18.8 Å². The van der Waals surface area contributed by atoms with Crippen molar-refractivity contribution >= 4 is 29.5 Å². The summed E-state index contributed by atoms with van der Waals surface area (Å²) in [6, 6.07) is 12.2. The fraction of sp³-hybridized carbons (Fsp3) is 0.320. The van der Waals surface area contributed by atoms with Gasteiger partial charge in [0.05, 0.1) is 25.9 Å². The Hall–Kier alpha value is -4.45. The number of hydrogen-bond donors (Lipinski definition) is 2. The van der Waals surface area contributed by atoms with Gasteiger partial charge in [0.15, 0.2) is 30.5 Å². The second kappa shape index (κ2) is 12.0. The maximum absolute atomic E-state index is 12.7. The van der Waals surface area contributed by atoms with Crippen LogP contribution in [0.15, 0.2) is 42.5 Å². The molecule has 1 amide bonds. The number of para-hydroxylation sites is 1. The Morgan fingerprint density at radius 2 is 1.86 bits per heavy atom. The largest absolute Gasteiger partial charge is 0.493 e. The maximum Gasteiger partial charge on any atom is 0.338 e. The van der Waals surface area contributed by atoms with Crippen LogP contribution in [0.5, 0.6) is 11.5 Å². The topological polar surface area (TPSA) is 151 Å². The van der Waals surface area contributed by atoms with E-state index < -0.39 is 5.97 Å². The summed E-state index contributed by atoms with van der Waals surface area (Å²) >= 11 is 0. The molecule has 0 spiro atoms. The second-order valence-electron chi connectivity index (χ2n) is 8.10. The fourth-order valence-corrected chi connectivity index (χ4v) is 3.56. The van der Waals surface area contributed by atoms with Gasteiger partial charge in [0.2, 0.25) is 11.9 Å². The van der Waals surface area contributed by atoms with Crippen LogP contribution in [-0.2, 0) is 20.9 Å². The highest BCUT2D eigenvalue weighted by atomic mass is 16.5. The van der Waals surface area contributed by atoms with Crippen molar-refractivity contribution in [1.82, 2.24) is 19.9 Å². The zero-order valence-electron chi connectivity index (χ0n) is 20.6. The molecule has 0 radical (unpaired) electrons. The van der Waals surface area contributed by atoms with E-state index in [1.54, 1.807) is 11.0 Å². The maximum atomic E-state index is 12.7. The molecule has 0 aliphatic carbocycles. The van der Waals surface area contributed by atoms with E-state index in [0.29, 0.717) is 37.8 Å². The predicted molar refractivity (Wildman–Crippen MR) is 134 cm³/mol. The predicted octanol–water partition coefficient (Wildman–Crippen LogP) is 2.11. The molecule has 3 N–H and O–H groups in total. The summed E-state index contributed by atoms with van der Waals surface area (Å²) in [6.45, 7) is 3.65. The molecule has 0 unspecified atom stereocenters. The molecular weight excluding hydrogens is 480 g/mol. The molecule has 1 saturated heterocycles. The number of benzene rings is 2. The van der Waals surface area contributed by atoms with E-state index in [1.165, 1.54) is 19.2 Å². The molecule has 12 heteroatoms. The van der Waals surface area contributed by atoms with Gasteiger partial charge in [-0.1, -0.05) is 18.2 Å². The number of nitrogens with two attached hydrogens (primary N) is 1. The number of carbonyl (C=O) groups excluding carboxylic acids is 2. The first kappa shape index (κ1) is 25.6. The van der Waals surface area contributed by atoms with Crippen molar-refractivity contribution in [1.29, 1.82) is 0 Å². The number of hydrogen-bond acceptors (Lipinski definition) is 11. The van der Waals surface area contributed by atoms with E-state index in [1.807, 2.05) is 31.2 Å². The molecule has 37 heavy (non-hydrogen) atoms. The normalized spacial score (nSPS) is 13.1. The number of carbonyl (C=O) groups is 2. The van der Waals surface area contributed by atoms with Crippen LogP contribution < -0.4 is 20.5 Å². The van der Waals surface area contributed by atoms with Crippen molar-refractivity contribution < 1.29 is 28.5 Å². The minimum atomic E-state index is -0.623. The van der Waals surface area contributed by atoms with Crippen molar-refractivity contribution in [2.45, 2.75) is 13.5 Å². The third-order valence-corrected chi connectivity index (χ3v) is 5.54. The molecule has 0 atom stereocenters. The number of nitrogen functional groups attached to an aromatic ring is 1. The Balaban J connectivity index is 1.36. The Morgan fingerprint density at radius 1 is 1.08 bits per heavy atom. The van der Waals surface area contributed by atoms with Gasteiger partial charge in [0.25, 0.3) is 5.91 Å². The van der Waals surface area contributed by atoms with Crippen LogP contribution in [0.25, 0.3) is 0 Å². The van der Waals surface area contributed by atoms with Gasteiger partial charge in [-0.2, -0.15) is 15.0 Å². The SMILES string of the molecule is COc1cc(C(=O)OCc2nc(N)nc(Nc3ccccc3C)n2)ccc1OCC(=O)N1CCOCC1. The average molecular weight is 509 g/mol. The lowest BCUT2D eigenvalue weighted by molar-refractivity contribution is -0.137. The van der Waals surface area contributed by atoms with Crippen LogP contribution >= 0.6 is 0 Å². The van der Waals surface area contributed by atoms with Crippen molar-refractivity contribution in [3.63, 3.8) is 0 Å². The number of nitrogens with one attached hydrogen (secondary N) is 1. The van der Waals surface area contributed by atoms with E-state index in [2.05, 4.69) is 20.3 Å². The number of nitrogens with zero attached hydrogens (tertiary/aromatic N) is 4. The number of ether oxygens (including phenoxy) is 4.